The molecule has 1 N–H and O–H groups in total. The Balaban J connectivity index is -0.000000816. The van der Waals surface area contributed by atoms with Gasteiger partial charge >= 0.3 is 0 Å². The number of aliphatic hydroxyl groups is 1. The molecule has 0 fully saturated rings. The molecule has 12 nitrogen and oxygen atoms in total. The molecule has 0 spiro atoms. The number of nitrogens with zero attached hydrogens (tertiary/aromatic N) is 3. The van der Waals surface area contributed by atoms with Gasteiger partial charge < -0.3 is 25.9 Å². The van der Waals surface area contributed by atoms with E-state index in [1.54, 1.807) is 19.9 Å². The summed E-state index contributed by atoms with van der Waals surface area (Å²) in [7, 11) is 0. The normalized spacial score (nSPS) is 9.07. The first-order valence-electron chi connectivity index (χ1n) is 7.86. The molecule has 2 rings (SSSR count). The number of hydrogen-bond donors (Lipinski definition) is 1. The van der Waals surface area contributed by atoms with Gasteiger partial charge in [0.2, 0.25) is 0 Å². The summed E-state index contributed by atoms with van der Waals surface area (Å²) in [6.07, 6.45) is 0.902. The minimum absolute atomic E-state index is 0. The van der Waals surface area contributed by atoms with Crippen molar-refractivity contribution >= 4 is 23.3 Å². The van der Waals surface area contributed by atoms with Gasteiger partial charge in [-0.2, -0.15) is 0 Å². The van der Waals surface area contributed by atoms with Crippen molar-refractivity contribution in [2.75, 3.05) is 13.2 Å². The third kappa shape index (κ3) is 10.5. The van der Waals surface area contributed by atoms with Gasteiger partial charge in [-0.15, -0.1) is 6.61 Å². The van der Waals surface area contributed by atoms with E-state index in [4.69, 9.17) is 10.2 Å². The molecule has 0 saturated carbocycles. The maximum absolute atomic E-state index is 11.9. The number of hydrogen-bond acceptors (Lipinski definition) is 9. The third-order valence-corrected chi connectivity index (χ3v) is 2.70. The first-order chi connectivity index (χ1) is 13.2. The Morgan fingerprint density at radius 3 is 2.00 bits per heavy atom. The van der Waals surface area contributed by atoms with E-state index in [0.29, 0.717) is 6.07 Å². The summed E-state index contributed by atoms with van der Waals surface area (Å²) in [6, 6.07) is 7.13. The predicted molar refractivity (Wildman–Crippen MR) is 96.3 cm³/mol. The molecule has 30 heavy (non-hydrogen) atoms. The maximum atomic E-state index is 11.9. The van der Waals surface area contributed by atoms with Gasteiger partial charge in [-0.1, -0.05) is 30.9 Å². The van der Waals surface area contributed by atoms with Crippen LogP contribution >= 0.6 is 0 Å². The van der Waals surface area contributed by atoms with Crippen LogP contribution in [0.1, 0.15) is 19.4 Å². The summed E-state index contributed by atoms with van der Waals surface area (Å²) in [5.74, 6) is -1.42. The standard InChI is InChI=1S/C13H9N3O6.C2H6O.C2H5O.O.V/c17-12-4-2-1-3-10(12)14-7-8-5-9(15(19)20)6-11(13(8)18)16(21)22;2*1-2-3;;/h1-7,17-18H;3H,2H2,1H3;2H2,1H3;;/q;;-1;-2;/p-2. The fourth-order valence-electron chi connectivity index (χ4n) is 1.66. The Kier molecular flexibility index (Phi) is 17.8. The first kappa shape index (κ1) is 31.7. The van der Waals surface area contributed by atoms with Crippen LogP contribution in [-0.2, 0) is 24.0 Å². The van der Waals surface area contributed by atoms with E-state index in [0.717, 1.165) is 12.3 Å². The Bertz CT molecular complexity index is 830. The van der Waals surface area contributed by atoms with Crippen molar-refractivity contribution in [1.29, 1.82) is 0 Å². The zero-order valence-electron chi connectivity index (χ0n) is 16.0. The number of aliphatic hydroxyl groups excluding tert-OH is 1. The minimum Gasteiger partial charge on any atom is -2.00 e. The van der Waals surface area contributed by atoms with E-state index in [9.17, 15) is 30.4 Å². The van der Waals surface area contributed by atoms with Crippen LogP contribution in [0.3, 0.4) is 0 Å². The quantitative estimate of drug-likeness (QED) is 0.388. The average molecular weight is 459 g/mol. The summed E-state index contributed by atoms with van der Waals surface area (Å²) >= 11 is 0. The minimum atomic E-state index is -1.01. The smallest absolute Gasteiger partial charge is 0.276 e. The molecule has 0 bridgehead atoms. The molecule has 165 valence electrons. The van der Waals surface area contributed by atoms with E-state index >= 15 is 0 Å². The number of para-hydroxylation sites is 2. The Labute approximate surface area is 183 Å². The molecule has 0 atom stereocenters. The monoisotopic (exact) mass is 459 g/mol. The molecule has 13 heteroatoms. The zero-order chi connectivity index (χ0) is 21.7. The summed E-state index contributed by atoms with van der Waals surface area (Å²) < 4.78 is 0. The van der Waals surface area contributed by atoms with E-state index in [1.165, 1.54) is 18.2 Å². The molecule has 0 aliphatic rings. The summed E-state index contributed by atoms with van der Waals surface area (Å²) in [6.45, 7) is 3.50. The van der Waals surface area contributed by atoms with Gasteiger partial charge in [-0.05, 0) is 24.3 Å². The van der Waals surface area contributed by atoms with Gasteiger partial charge in [0.15, 0.2) is 0 Å². The number of non-ortho nitro benzene ring substituents is 1. The van der Waals surface area contributed by atoms with Gasteiger partial charge in [0.05, 0.1) is 21.6 Å². The van der Waals surface area contributed by atoms with Crippen molar-refractivity contribution < 1.29 is 54.3 Å². The van der Waals surface area contributed by atoms with Crippen molar-refractivity contribution in [2.45, 2.75) is 13.8 Å². The Morgan fingerprint density at radius 2 is 1.57 bits per heavy atom. The van der Waals surface area contributed by atoms with Gasteiger partial charge in [0, 0.05) is 37.4 Å². The SMILES string of the molecule is CCO.CC[O-].O=[N+]([O-])c1cc(C=Nc2ccccc2[O-])c([O-])c([N+](=O)[O-])c1.[O-2].[V]. The molecule has 2 aromatic carbocycles. The average Bonchev–Trinajstić information content (AvgIpc) is 2.63. The van der Waals surface area contributed by atoms with E-state index in [2.05, 4.69) is 4.99 Å². The Hall–Kier alpha value is -3.03. The van der Waals surface area contributed by atoms with E-state index in [-0.39, 0.29) is 48.5 Å². The second kappa shape index (κ2) is 16.9. The van der Waals surface area contributed by atoms with Gasteiger partial charge in [-0.3, -0.25) is 25.2 Å². The third-order valence-electron chi connectivity index (χ3n) is 2.70. The largest absolute Gasteiger partial charge is 2.00 e. The molecule has 0 aliphatic carbocycles. The van der Waals surface area contributed by atoms with Crippen LogP contribution in [0, 0.1) is 20.2 Å². The molecule has 0 amide bonds. The molecule has 1 radical (unpaired) electrons. The second-order valence-corrected chi connectivity index (χ2v) is 4.73. The number of benzene rings is 2. The summed E-state index contributed by atoms with van der Waals surface area (Å²) in [4.78, 5) is 23.4. The van der Waals surface area contributed by atoms with Gasteiger partial charge in [-0.25, -0.2) is 0 Å². The van der Waals surface area contributed by atoms with Crippen molar-refractivity contribution in [3.63, 3.8) is 0 Å². The van der Waals surface area contributed by atoms with Crippen molar-refractivity contribution in [3.8, 4) is 11.5 Å². The first-order valence-corrected chi connectivity index (χ1v) is 7.86. The maximum Gasteiger partial charge on any atom is 0.276 e. The number of rotatable bonds is 4. The molecular weight excluding hydrogens is 441 g/mol. The molecule has 0 aliphatic heterocycles. The van der Waals surface area contributed by atoms with Crippen LogP contribution in [0.25, 0.3) is 0 Å². The zero-order valence-corrected chi connectivity index (χ0v) is 17.4. The number of nitro benzene ring substituents is 2. The summed E-state index contributed by atoms with van der Waals surface area (Å²) in [5.41, 5.74) is -1.87. The Morgan fingerprint density at radius 1 is 1.07 bits per heavy atom. The van der Waals surface area contributed by atoms with Crippen LogP contribution in [-0.4, -0.2) is 34.4 Å². The van der Waals surface area contributed by atoms with Crippen molar-refractivity contribution in [2.24, 2.45) is 4.99 Å². The molecule has 2 aromatic rings. The van der Waals surface area contributed by atoms with Gasteiger partial charge in [0.25, 0.3) is 11.4 Å². The van der Waals surface area contributed by atoms with Crippen LogP contribution in [0.4, 0.5) is 17.1 Å². The fourth-order valence-corrected chi connectivity index (χ4v) is 1.66. The predicted octanol–water partition coefficient (Wildman–Crippen LogP) is 0.645. The van der Waals surface area contributed by atoms with Crippen LogP contribution < -0.4 is 15.3 Å². The molecule has 0 saturated heterocycles. The van der Waals surface area contributed by atoms with E-state index < -0.39 is 32.7 Å². The molecular formula is C17H18N3O9V-5. The second-order valence-electron chi connectivity index (χ2n) is 4.73. The van der Waals surface area contributed by atoms with Crippen molar-refractivity contribution in [1.82, 2.24) is 0 Å². The molecule has 0 unspecified atom stereocenters. The van der Waals surface area contributed by atoms with Crippen molar-refractivity contribution in [3.05, 3.63) is 62.2 Å². The fraction of sp³-hybridized carbons (Fsp3) is 0.235. The topological polar surface area (TPSA) is 217 Å². The van der Waals surface area contributed by atoms with Crippen LogP contribution in [0.5, 0.6) is 11.5 Å². The molecule has 0 aromatic heterocycles. The number of aliphatic imine (C=N–C) groups is 1. The van der Waals surface area contributed by atoms with Crippen LogP contribution in [0.2, 0.25) is 0 Å². The molecule has 0 heterocycles. The van der Waals surface area contributed by atoms with E-state index in [1.807, 2.05) is 0 Å². The summed E-state index contributed by atoms with van der Waals surface area (Å²) in [5, 5.41) is 61.3. The number of nitro groups is 2. The van der Waals surface area contributed by atoms with Gasteiger partial charge in [0.1, 0.15) is 0 Å². The van der Waals surface area contributed by atoms with Crippen LogP contribution in [0.15, 0.2) is 41.4 Å².